The Bertz CT molecular complexity index is 700. The summed E-state index contributed by atoms with van der Waals surface area (Å²) in [5, 5.41) is 15.0. The molecule has 6 nitrogen and oxygen atoms in total. The molecule has 1 aliphatic carbocycles. The summed E-state index contributed by atoms with van der Waals surface area (Å²) < 4.78 is 5.23. The molecular formula is C20H25N3O3. The summed E-state index contributed by atoms with van der Waals surface area (Å²) in [7, 11) is 0. The van der Waals surface area contributed by atoms with E-state index in [1.165, 1.54) is 6.20 Å². The van der Waals surface area contributed by atoms with Crippen LogP contribution in [0.15, 0.2) is 36.0 Å². The van der Waals surface area contributed by atoms with E-state index in [2.05, 4.69) is 10.6 Å². The van der Waals surface area contributed by atoms with Crippen molar-refractivity contribution in [3.8, 4) is 6.07 Å². The van der Waals surface area contributed by atoms with Crippen LogP contribution in [0.1, 0.15) is 55.8 Å². The largest absolute Gasteiger partial charge is 0.462 e. The smallest absolute Gasteiger partial charge is 0.340 e. The van der Waals surface area contributed by atoms with Crippen molar-refractivity contribution in [3.05, 3.63) is 41.6 Å². The first-order valence-electron chi connectivity index (χ1n) is 9.09. The van der Waals surface area contributed by atoms with Crippen LogP contribution in [0, 0.1) is 11.3 Å². The highest BCUT2D eigenvalue weighted by atomic mass is 16.5. The number of hydrogen-bond acceptors (Lipinski definition) is 5. The molecule has 1 amide bonds. The Balaban J connectivity index is 2.04. The number of unbranched alkanes of at least 4 members (excludes halogenated alkanes) is 1. The maximum atomic E-state index is 12.2. The maximum Gasteiger partial charge on any atom is 0.340 e. The van der Waals surface area contributed by atoms with Gasteiger partial charge in [-0.15, -0.1) is 0 Å². The van der Waals surface area contributed by atoms with E-state index < -0.39 is 11.9 Å². The van der Waals surface area contributed by atoms with E-state index in [0.29, 0.717) is 17.9 Å². The van der Waals surface area contributed by atoms with E-state index in [-0.39, 0.29) is 11.6 Å². The van der Waals surface area contributed by atoms with Gasteiger partial charge in [-0.3, -0.25) is 4.79 Å². The number of benzene rings is 1. The first-order chi connectivity index (χ1) is 12.7. The molecule has 0 heterocycles. The molecule has 0 bridgehead atoms. The van der Waals surface area contributed by atoms with Gasteiger partial charge in [0.2, 0.25) is 0 Å². The molecule has 0 unspecified atom stereocenters. The second kappa shape index (κ2) is 10.2. The standard InChI is InChI=1S/C20H25N3O3/c1-2-3-12-26-20(25)17-10-6-7-11-18(17)22-14-15(13-21)19(24)23-16-8-4-5-9-16/h6-7,10-11,14,16,22H,2-5,8-9,12H2,1H3,(H,23,24)/b15-14-. The highest BCUT2D eigenvalue weighted by molar-refractivity contribution is 5.99. The Hall–Kier alpha value is -2.81. The lowest BCUT2D eigenvalue weighted by atomic mass is 10.1. The Morgan fingerprint density at radius 1 is 1.31 bits per heavy atom. The Morgan fingerprint density at radius 3 is 2.73 bits per heavy atom. The van der Waals surface area contributed by atoms with Crippen LogP contribution in [0.25, 0.3) is 0 Å². The van der Waals surface area contributed by atoms with Gasteiger partial charge in [-0.1, -0.05) is 38.3 Å². The van der Waals surface area contributed by atoms with Crippen LogP contribution in [0.3, 0.4) is 0 Å². The number of carbonyl (C=O) groups is 2. The van der Waals surface area contributed by atoms with Crippen LogP contribution in [0.4, 0.5) is 5.69 Å². The zero-order valence-electron chi connectivity index (χ0n) is 15.1. The molecule has 6 heteroatoms. The molecule has 2 N–H and O–H groups in total. The Kier molecular flexibility index (Phi) is 7.69. The summed E-state index contributed by atoms with van der Waals surface area (Å²) in [5.74, 6) is -0.821. The van der Waals surface area contributed by atoms with Gasteiger partial charge in [0, 0.05) is 12.2 Å². The number of esters is 1. The number of ether oxygens (including phenoxy) is 1. The van der Waals surface area contributed by atoms with E-state index in [4.69, 9.17) is 4.74 Å². The lowest BCUT2D eigenvalue weighted by molar-refractivity contribution is -0.117. The summed E-state index contributed by atoms with van der Waals surface area (Å²) in [5.41, 5.74) is 0.842. The van der Waals surface area contributed by atoms with Crippen molar-refractivity contribution in [2.24, 2.45) is 0 Å². The average Bonchev–Trinajstić information content (AvgIpc) is 3.15. The van der Waals surface area contributed by atoms with Crippen molar-refractivity contribution in [2.45, 2.75) is 51.5 Å². The number of carbonyl (C=O) groups excluding carboxylic acids is 2. The van der Waals surface area contributed by atoms with Crippen LogP contribution in [-0.2, 0) is 9.53 Å². The molecular weight excluding hydrogens is 330 g/mol. The van der Waals surface area contributed by atoms with Gasteiger partial charge in [0.25, 0.3) is 5.91 Å². The molecule has 0 aliphatic heterocycles. The van der Waals surface area contributed by atoms with Gasteiger partial charge in [-0.05, 0) is 31.4 Å². The normalized spacial score (nSPS) is 14.5. The number of nitrogens with zero attached hydrogens (tertiary/aromatic N) is 1. The quantitative estimate of drug-likeness (QED) is 0.322. The predicted octanol–water partition coefficient (Wildman–Crippen LogP) is 3.52. The molecule has 138 valence electrons. The molecule has 0 atom stereocenters. The van der Waals surface area contributed by atoms with Gasteiger partial charge in [-0.25, -0.2) is 4.79 Å². The molecule has 1 aromatic carbocycles. The number of hydrogen-bond donors (Lipinski definition) is 2. The molecule has 0 spiro atoms. The SMILES string of the molecule is CCCCOC(=O)c1ccccc1N/C=C(/C#N)C(=O)NC1CCCC1. The summed E-state index contributed by atoms with van der Waals surface area (Å²) in [6.07, 6.45) is 7.18. The van der Waals surface area contributed by atoms with Gasteiger partial charge < -0.3 is 15.4 Å². The summed E-state index contributed by atoms with van der Waals surface area (Å²) in [4.78, 5) is 24.4. The zero-order chi connectivity index (χ0) is 18.8. The third-order valence-electron chi connectivity index (χ3n) is 4.31. The third-order valence-corrected chi connectivity index (χ3v) is 4.31. The van der Waals surface area contributed by atoms with E-state index in [1.807, 2.05) is 13.0 Å². The minimum absolute atomic E-state index is 0.0222. The third kappa shape index (κ3) is 5.62. The molecule has 0 radical (unpaired) electrons. The van der Waals surface area contributed by atoms with Crippen molar-refractivity contribution in [1.29, 1.82) is 5.26 Å². The molecule has 1 fully saturated rings. The number of nitriles is 1. The molecule has 0 saturated heterocycles. The second-order valence-electron chi connectivity index (χ2n) is 6.30. The molecule has 0 aromatic heterocycles. The van der Waals surface area contributed by atoms with Crippen LogP contribution in [-0.4, -0.2) is 24.5 Å². The van der Waals surface area contributed by atoms with Gasteiger partial charge in [-0.2, -0.15) is 5.26 Å². The van der Waals surface area contributed by atoms with Crippen molar-refractivity contribution in [3.63, 3.8) is 0 Å². The monoisotopic (exact) mass is 355 g/mol. The topological polar surface area (TPSA) is 91.2 Å². The van der Waals surface area contributed by atoms with E-state index in [1.54, 1.807) is 24.3 Å². The van der Waals surface area contributed by atoms with Crippen LogP contribution in [0.5, 0.6) is 0 Å². The van der Waals surface area contributed by atoms with Crippen LogP contribution >= 0.6 is 0 Å². The highest BCUT2D eigenvalue weighted by Gasteiger charge is 2.19. The summed E-state index contributed by atoms with van der Waals surface area (Å²) in [6, 6.07) is 8.91. The fourth-order valence-corrected chi connectivity index (χ4v) is 2.81. The summed E-state index contributed by atoms with van der Waals surface area (Å²) in [6.45, 7) is 2.39. The number of rotatable bonds is 8. The Morgan fingerprint density at radius 2 is 2.04 bits per heavy atom. The van der Waals surface area contributed by atoms with Gasteiger partial charge in [0.1, 0.15) is 11.6 Å². The first-order valence-corrected chi connectivity index (χ1v) is 9.09. The van der Waals surface area contributed by atoms with Crippen LogP contribution < -0.4 is 10.6 Å². The number of amides is 1. The number of anilines is 1. The van der Waals surface area contributed by atoms with Crippen LogP contribution in [0.2, 0.25) is 0 Å². The minimum Gasteiger partial charge on any atom is -0.462 e. The van der Waals surface area contributed by atoms with Crippen molar-refractivity contribution >= 4 is 17.6 Å². The van der Waals surface area contributed by atoms with Crippen molar-refractivity contribution in [2.75, 3.05) is 11.9 Å². The fourth-order valence-electron chi connectivity index (χ4n) is 2.81. The number of para-hydroxylation sites is 1. The lowest BCUT2D eigenvalue weighted by Gasteiger charge is -2.12. The number of nitrogens with one attached hydrogen (secondary N) is 2. The fraction of sp³-hybridized carbons (Fsp3) is 0.450. The van der Waals surface area contributed by atoms with E-state index in [0.717, 1.165) is 38.5 Å². The average molecular weight is 355 g/mol. The van der Waals surface area contributed by atoms with Crippen molar-refractivity contribution < 1.29 is 14.3 Å². The lowest BCUT2D eigenvalue weighted by Crippen LogP contribution is -2.33. The van der Waals surface area contributed by atoms with Gasteiger partial charge >= 0.3 is 5.97 Å². The highest BCUT2D eigenvalue weighted by Crippen LogP contribution is 2.19. The second-order valence-corrected chi connectivity index (χ2v) is 6.30. The predicted molar refractivity (Wildman–Crippen MR) is 99.3 cm³/mol. The zero-order valence-corrected chi connectivity index (χ0v) is 15.1. The minimum atomic E-state index is -0.427. The molecule has 1 saturated carbocycles. The molecule has 1 aromatic rings. The molecule has 26 heavy (non-hydrogen) atoms. The van der Waals surface area contributed by atoms with E-state index >= 15 is 0 Å². The van der Waals surface area contributed by atoms with Crippen molar-refractivity contribution in [1.82, 2.24) is 5.32 Å². The van der Waals surface area contributed by atoms with Gasteiger partial charge in [0.15, 0.2) is 0 Å². The maximum absolute atomic E-state index is 12.2. The Labute approximate surface area is 154 Å². The first kappa shape index (κ1) is 19.5. The van der Waals surface area contributed by atoms with E-state index in [9.17, 15) is 14.9 Å². The summed E-state index contributed by atoms with van der Waals surface area (Å²) >= 11 is 0. The molecule has 2 rings (SSSR count). The van der Waals surface area contributed by atoms with Gasteiger partial charge in [0.05, 0.1) is 17.9 Å². The molecule has 1 aliphatic rings.